The maximum Gasteiger partial charge on any atom is 0.319 e. The highest BCUT2D eigenvalue weighted by Gasteiger charge is 2.30. The van der Waals surface area contributed by atoms with Crippen LogP contribution in [0.15, 0.2) is 43.0 Å². The van der Waals surface area contributed by atoms with Crippen LogP contribution in [0.1, 0.15) is 43.7 Å². The second kappa shape index (κ2) is 11.2. The van der Waals surface area contributed by atoms with E-state index in [1.165, 1.54) is 23.6 Å². The summed E-state index contributed by atoms with van der Waals surface area (Å²) < 4.78 is 22.7. The summed E-state index contributed by atoms with van der Waals surface area (Å²) in [5.41, 5.74) is 4.38. The number of likely N-dealkylation sites (tertiary alicyclic amines) is 1. The zero-order valence-corrected chi connectivity index (χ0v) is 23.5. The third-order valence-electron chi connectivity index (χ3n) is 8.91. The van der Waals surface area contributed by atoms with E-state index in [4.69, 9.17) is 9.72 Å². The Morgan fingerprint density at radius 3 is 2.73 bits per heavy atom. The molecule has 2 fully saturated rings. The van der Waals surface area contributed by atoms with E-state index in [0.717, 1.165) is 44.2 Å². The lowest BCUT2D eigenvalue weighted by Crippen LogP contribution is -2.53. The number of benzene rings is 2. The fourth-order valence-electron chi connectivity index (χ4n) is 6.61. The van der Waals surface area contributed by atoms with Gasteiger partial charge in [0.25, 0.3) is 0 Å². The van der Waals surface area contributed by atoms with Crippen molar-refractivity contribution < 1.29 is 13.9 Å². The van der Waals surface area contributed by atoms with Crippen molar-refractivity contribution in [3.63, 3.8) is 0 Å². The molecule has 7 nitrogen and oxygen atoms in total. The summed E-state index contributed by atoms with van der Waals surface area (Å²) in [5.74, 6) is 0.236. The molecular weight excluding hydrogens is 505 g/mol. The van der Waals surface area contributed by atoms with Crippen LogP contribution in [0.3, 0.4) is 0 Å². The molecule has 8 heteroatoms. The first-order valence-electron chi connectivity index (χ1n) is 14.6. The minimum absolute atomic E-state index is 0.0200. The molecule has 0 saturated carbocycles. The number of hydrogen-bond donors (Lipinski definition) is 0. The number of amides is 1. The molecular formula is C32H38FN5O2. The molecule has 2 atom stereocenters. The number of nitrogens with zero attached hydrogens (tertiary/aromatic N) is 5. The molecule has 40 heavy (non-hydrogen) atoms. The maximum absolute atomic E-state index is 16.5. The van der Waals surface area contributed by atoms with E-state index in [1.54, 1.807) is 4.90 Å². The first-order chi connectivity index (χ1) is 19.4. The Morgan fingerprint density at radius 1 is 1.10 bits per heavy atom. The molecule has 2 aromatic carbocycles. The van der Waals surface area contributed by atoms with Gasteiger partial charge in [0.05, 0.1) is 0 Å². The van der Waals surface area contributed by atoms with Crippen molar-refractivity contribution in [1.82, 2.24) is 19.8 Å². The number of rotatable bonds is 6. The fourth-order valence-corrected chi connectivity index (χ4v) is 6.61. The van der Waals surface area contributed by atoms with E-state index in [-0.39, 0.29) is 29.3 Å². The summed E-state index contributed by atoms with van der Waals surface area (Å²) >= 11 is 0. The van der Waals surface area contributed by atoms with Gasteiger partial charge in [-0.05, 0) is 87.9 Å². The van der Waals surface area contributed by atoms with Crippen molar-refractivity contribution in [2.75, 3.05) is 44.7 Å². The number of fused-ring (bicyclic) bond motifs is 2. The van der Waals surface area contributed by atoms with E-state index in [0.29, 0.717) is 49.1 Å². The summed E-state index contributed by atoms with van der Waals surface area (Å²) in [7, 11) is 2.10. The van der Waals surface area contributed by atoms with E-state index >= 15 is 4.39 Å². The van der Waals surface area contributed by atoms with Gasteiger partial charge in [-0.25, -0.2) is 4.39 Å². The normalized spacial score (nSPS) is 21.5. The number of halogens is 1. The Balaban J connectivity index is 1.42. The van der Waals surface area contributed by atoms with Crippen LogP contribution >= 0.6 is 0 Å². The highest BCUT2D eigenvalue weighted by Crippen LogP contribution is 2.38. The summed E-state index contributed by atoms with van der Waals surface area (Å²) in [4.78, 5) is 28.0. The second-order valence-corrected chi connectivity index (χ2v) is 11.4. The van der Waals surface area contributed by atoms with Crippen LogP contribution in [0.2, 0.25) is 0 Å². The van der Waals surface area contributed by atoms with Gasteiger partial charge in [-0.3, -0.25) is 4.79 Å². The van der Waals surface area contributed by atoms with Crippen molar-refractivity contribution in [2.45, 2.75) is 57.5 Å². The summed E-state index contributed by atoms with van der Waals surface area (Å²) in [6, 6.07) is 10.5. The number of aromatic nitrogens is 2. The van der Waals surface area contributed by atoms with Crippen molar-refractivity contribution in [2.24, 2.45) is 0 Å². The van der Waals surface area contributed by atoms with Crippen molar-refractivity contribution in [3.8, 4) is 17.1 Å². The van der Waals surface area contributed by atoms with Crippen LogP contribution in [0.25, 0.3) is 22.0 Å². The molecule has 0 N–H and O–H groups in total. The molecule has 0 unspecified atom stereocenters. The molecule has 6 rings (SSSR count). The Hall–Kier alpha value is -3.52. The van der Waals surface area contributed by atoms with E-state index < -0.39 is 0 Å². The molecule has 0 bridgehead atoms. The van der Waals surface area contributed by atoms with Gasteiger partial charge < -0.3 is 19.4 Å². The third-order valence-corrected chi connectivity index (χ3v) is 8.91. The van der Waals surface area contributed by atoms with Crippen LogP contribution in [0, 0.1) is 5.82 Å². The highest BCUT2D eigenvalue weighted by molar-refractivity contribution is 5.94. The molecule has 0 radical (unpaired) electrons. The topological polar surface area (TPSA) is 61.8 Å². The number of carbonyl (C=O) groups excluding carboxylic acids is 1. The lowest BCUT2D eigenvalue weighted by molar-refractivity contribution is -0.126. The zero-order chi connectivity index (χ0) is 27.8. The molecule has 3 heterocycles. The largest absolute Gasteiger partial charge is 0.462 e. The lowest BCUT2D eigenvalue weighted by Gasteiger charge is -2.40. The Kier molecular flexibility index (Phi) is 7.45. The molecule has 1 aliphatic carbocycles. The maximum atomic E-state index is 16.5. The van der Waals surface area contributed by atoms with Crippen LogP contribution < -0.4 is 9.64 Å². The highest BCUT2D eigenvalue weighted by atomic mass is 19.1. The predicted molar refractivity (Wildman–Crippen MR) is 156 cm³/mol. The van der Waals surface area contributed by atoms with Crippen molar-refractivity contribution in [3.05, 3.63) is 59.9 Å². The molecule has 3 aliphatic rings. The van der Waals surface area contributed by atoms with Gasteiger partial charge in [0.2, 0.25) is 5.91 Å². The fraction of sp³-hybridized carbons (Fsp3) is 0.469. The number of hydrogen-bond acceptors (Lipinski definition) is 6. The van der Waals surface area contributed by atoms with Crippen LogP contribution in [-0.4, -0.2) is 77.6 Å². The Bertz CT molecular complexity index is 1440. The first kappa shape index (κ1) is 26.7. The van der Waals surface area contributed by atoms with E-state index in [2.05, 4.69) is 41.4 Å². The van der Waals surface area contributed by atoms with E-state index in [9.17, 15) is 4.79 Å². The van der Waals surface area contributed by atoms with Crippen LogP contribution in [0.4, 0.5) is 10.2 Å². The van der Waals surface area contributed by atoms with Gasteiger partial charge in [0.1, 0.15) is 17.9 Å². The van der Waals surface area contributed by atoms with Crippen LogP contribution in [-0.2, 0) is 17.6 Å². The first-order valence-corrected chi connectivity index (χ1v) is 14.6. The number of aryl methyl sites for hydroxylation is 1. The minimum atomic E-state index is -0.337. The molecule has 0 spiro atoms. The Morgan fingerprint density at radius 2 is 1.95 bits per heavy atom. The number of piperazine rings is 1. The van der Waals surface area contributed by atoms with Crippen molar-refractivity contribution >= 4 is 22.6 Å². The van der Waals surface area contributed by atoms with Gasteiger partial charge >= 0.3 is 6.01 Å². The number of likely N-dealkylation sites (N-methyl/N-ethyl adjacent to an activating group) is 1. The van der Waals surface area contributed by atoms with Gasteiger partial charge in [-0.2, -0.15) is 9.97 Å². The second-order valence-electron chi connectivity index (χ2n) is 11.4. The van der Waals surface area contributed by atoms with Gasteiger partial charge in [-0.15, -0.1) is 0 Å². The van der Waals surface area contributed by atoms with E-state index in [1.807, 2.05) is 24.3 Å². The third kappa shape index (κ3) is 4.94. The minimum Gasteiger partial charge on any atom is -0.462 e. The van der Waals surface area contributed by atoms with Gasteiger partial charge in [0.15, 0.2) is 5.82 Å². The molecule has 3 aromatic rings. The monoisotopic (exact) mass is 543 g/mol. The number of carbonyl (C=O) groups is 1. The van der Waals surface area contributed by atoms with Gasteiger partial charge in [-0.1, -0.05) is 30.8 Å². The zero-order valence-electron chi connectivity index (χ0n) is 23.5. The lowest BCUT2D eigenvalue weighted by atomic mass is 9.85. The molecule has 2 aliphatic heterocycles. The number of ether oxygens (including phenoxy) is 1. The molecule has 1 aromatic heterocycles. The smallest absolute Gasteiger partial charge is 0.319 e. The van der Waals surface area contributed by atoms with Gasteiger partial charge in [0, 0.05) is 42.7 Å². The standard InChI is InChI=1S/C32H38FN5O2/c1-4-28(39)37-17-18-38(21(2)19-37)31-27-15-14-26(25-13-7-10-22-9-5-6-12-24(22)25)29(33)30(27)34-32(35-31)40-20-23-11-8-16-36(23)3/h4,7,10,13-15,21,23H,1,5-6,8-9,11-12,16-20H2,2-3H3/t21-,23-/m0/s1. The van der Waals surface area contributed by atoms with Crippen molar-refractivity contribution in [1.29, 1.82) is 0 Å². The summed E-state index contributed by atoms with van der Waals surface area (Å²) in [6.07, 6.45) is 7.85. The molecule has 1 amide bonds. The average Bonchev–Trinajstić information content (AvgIpc) is 3.40. The average molecular weight is 544 g/mol. The SMILES string of the molecule is C=CC(=O)N1CCN(c2nc(OC[C@@H]3CCCN3C)nc3c(F)c(-c4cccc5c4CCCC5)ccc23)[C@@H](C)C1. The number of anilines is 1. The summed E-state index contributed by atoms with van der Waals surface area (Å²) in [5, 5.41) is 0.659. The Labute approximate surface area is 235 Å². The quantitative estimate of drug-likeness (QED) is 0.408. The van der Waals surface area contributed by atoms with Crippen LogP contribution in [0.5, 0.6) is 6.01 Å². The predicted octanol–water partition coefficient (Wildman–Crippen LogP) is 5.01. The molecule has 210 valence electrons. The molecule has 2 saturated heterocycles. The summed E-state index contributed by atoms with van der Waals surface area (Å²) in [6.45, 7) is 8.86.